The molecule has 2 heteroatoms. The minimum absolute atomic E-state index is 0.0497. The maximum Gasteiger partial charge on any atom is 0.120 e. The van der Waals surface area contributed by atoms with Crippen molar-refractivity contribution < 1.29 is 4.74 Å². The van der Waals surface area contributed by atoms with Gasteiger partial charge in [-0.15, -0.1) is 0 Å². The molecule has 0 bridgehead atoms. The van der Waals surface area contributed by atoms with Crippen LogP contribution in [-0.4, -0.2) is 12.6 Å². The van der Waals surface area contributed by atoms with Gasteiger partial charge in [-0.2, -0.15) is 0 Å². The largest absolute Gasteiger partial charge is 0.489 e. The van der Waals surface area contributed by atoms with Crippen LogP contribution in [0.1, 0.15) is 31.9 Å². The van der Waals surface area contributed by atoms with Crippen LogP contribution >= 0.6 is 0 Å². The predicted molar refractivity (Wildman–Crippen MR) is 68.8 cm³/mol. The van der Waals surface area contributed by atoms with E-state index < -0.39 is 0 Å². The van der Waals surface area contributed by atoms with Crippen molar-refractivity contribution in [3.05, 3.63) is 29.3 Å². The molecule has 1 rings (SSSR count). The van der Waals surface area contributed by atoms with Gasteiger partial charge in [0.2, 0.25) is 0 Å². The quantitative estimate of drug-likeness (QED) is 0.851. The van der Waals surface area contributed by atoms with Crippen molar-refractivity contribution in [1.29, 1.82) is 0 Å². The van der Waals surface area contributed by atoms with E-state index in [1.54, 1.807) is 0 Å². The van der Waals surface area contributed by atoms with Crippen LogP contribution in [0.4, 0.5) is 0 Å². The number of rotatable bonds is 3. The molecule has 90 valence electrons. The third-order valence-corrected chi connectivity index (χ3v) is 2.65. The first-order valence-electron chi connectivity index (χ1n) is 5.78. The topological polar surface area (TPSA) is 35.2 Å². The molecule has 0 radical (unpaired) electrons. The summed E-state index contributed by atoms with van der Waals surface area (Å²) in [5.74, 6) is 0.919. The molecule has 1 aromatic carbocycles. The van der Waals surface area contributed by atoms with Crippen molar-refractivity contribution in [2.45, 2.75) is 40.7 Å². The monoisotopic (exact) mass is 221 g/mol. The highest BCUT2D eigenvalue weighted by Gasteiger charge is 2.25. The van der Waals surface area contributed by atoms with Gasteiger partial charge in [0.05, 0.1) is 0 Å². The van der Waals surface area contributed by atoms with Crippen molar-refractivity contribution in [3.63, 3.8) is 0 Å². The van der Waals surface area contributed by atoms with E-state index in [-0.39, 0.29) is 11.5 Å². The van der Waals surface area contributed by atoms with Crippen LogP contribution in [0.15, 0.2) is 18.2 Å². The van der Waals surface area contributed by atoms with Crippen LogP contribution in [0.25, 0.3) is 0 Å². The molecule has 16 heavy (non-hydrogen) atoms. The zero-order valence-electron chi connectivity index (χ0n) is 11.0. The highest BCUT2D eigenvalue weighted by atomic mass is 16.5. The Kier molecular flexibility index (Phi) is 3.98. The molecule has 0 spiro atoms. The fourth-order valence-corrected chi connectivity index (χ4v) is 1.74. The van der Waals surface area contributed by atoms with E-state index in [2.05, 4.69) is 52.8 Å². The van der Waals surface area contributed by atoms with Crippen LogP contribution in [-0.2, 0) is 0 Å². The van der Waals surface area contributed by atoms with E-state index >= 15 is 0 Å². The summed E-state index contributed by atoms with van der Waals surface area (Å²) in [5, 5.41) is 0. The molecule has 2 N–H and O–H groups in total. The Morgan fingerprint density at radius 1 is 1.12 bits per heavy atom. The zero-order valence-corrected chi connectivity index (χ0v) is 11.0. The van der Waals surface area contributed by atoms with Crippen LogP contribution in [0.3, 0.4) is 0 Å². The van der Waals surface area contributed by atoms with Crippen LogP contribution < -0.4 is 10.5 Å². The Morgan fingerprint density at radius 3 is 2.00 bits per heavy atom. The second-order valence-corrected chi connectivity index (χ2v) is 5.53. The Bertz CT molecular complexity index is 332. The lowest BCUT2D eigenvalue weighted by molar-refractivity contribution is 0.0941. The number of ether oxygens (including phenoxy) is 1. The van der Waals surface area contributed by atoms with Gasteiger partial charge in [-0.1, -0.05) is 26.8 Å². The maximum atomic E-state index is 5.96. The van der Waals surface area contributed by atoms with Gasteiger partial charge in [-0.25, -0.2) is 0 Å². The third-order valence-electron chi connectivity index (χ3n) is 2.65. The number of aryl methyl sites for hydroxylation is 2. The average molecular weight is 221 g/mol. The summed E-state index contributed by atoms with van der Waals surface area (Å²) in [5.41, 5.74) is 8.26. The second-order valence-electron chi connectivity index (χ2n) is 5.53. The molecule has 0 saturated carbocycles. The Labute approximate surface area is 98.8 Å². The van der Waals surface area contributed by atoms with Crippen molar-refractivity contribution >= 4 is 0 Å². The van der Waals surface area contributed by atoms with Gasteiger partial charge < -0.3 is 10.5 Å². The highest BCUT2D eigenvalue weighted by molar-refractivity contribution is 5.33. The fraction of sp³-hybridized carbons (Fsp3) is 0.571. The number of benzene rings is 1. The lowest BCUT2D eigenvalue weighted by atomic mass is 9.89. The van der Waals surface area contributed by atoms with Crippen LogP contribution in [0, 0.1) is 19.3 Å². The van der Waals surface area contributed by atoms with Gasteiger partial charge >= 0.3 is 0 Å². The van der Waals surface area contributed by atoms with Crippen molar-refractivity contribution in [2.75, 3.05) is 6.54 Å². The molecule has 0 amide bonds. The average Bonchev–Trinajstić information content (AvgIpc) is 2.10. The molecule has 2 nitrogen and oxygen atoms in total. The molecular weight excluding hydrogens is 198 g/mol. The summed E-state index contributed by atoms with van der Waals surface area (Å²) in [6.45, 7) is 11.1. The van der Waals surface area contributed by atoms with E-state index in [1.165, 1.54) is 11.1 Å². The number of hydrogen-bond donors (Lipinski definition) is 1. The van der Waals surface area contributed by atoms with E-state index in [1.807, 2.05) is 0 Å². The Hall–Kier alpha value is -1.02. The minimum atomic E-state index is 0.0497. The van der Waals surface area contributed by atoms with Gasteiger partial charge in [0.1, 0.15) is 11.9 Å². The van der Waals surface area contributed by atoms with E-state index in [9.17, 15) is 0 Å². The molecular formula is C14H23NO. The van der Waals surface area contributed by atoms with Gasteiger partial charge in [-0.3, -0.25) is 0 Å². The van der Waals surface area contributed by atoms with Gasteiger partial charge in [0.15, 0.2) is 0 Å². The first-order valence-corrected chi connectivity index (χ1v) is 5.78. The highest BCUT2D eigenvalue weighted by Crippen LogP contribution is 2.25. The number of hydrogen-bond acceptors (Lipinski definition) is 2. The van der Waals surface area contributed by atoms with Crippen molar-refractivity contribution in [2.24, 2.45) is 11.1 Å². The predicted octanol–water partition coefficient (Wildman–Crippen LogP) is 3.06. The summed E-state index contributed by atoms with van der Waals surface area (Å²) in [6.07, 6.45) is 0.0497. The lowest BCUT2D eigenvalue weighted by Gasteiger charge is -2.30. The molecule has 0 aromatic heterocycles. The molecule has 0 aliphatic rings. The lowest BCUT2D eigenvalue weighted by Crippen LogP contribution is -2.38. The molecule has 0 heterocycles. The molecule has 0 fully saturated rings. The molecule has 0 aliphatic carbocycles. The van der Waals surface area contributed by atoms with Crippen LogP contribution in [0.5, 0.6) is 5.75 Å². The van der Waals surface area contributed by atoms with E-state index in [0.717, 1.165) is 5.75 Å². The maximum absolute atomic E-state index is 5.96. The molecule has 1 atom stereocenters. The summed E-state index contributed by atoms with van der Waals surface area (Å²) < 4.78 is 5.96. The van der Waals surface area contributed by atoms with Crippen LogP contribution in [0.2, 0.25) is 0 Å². The Balaban J connectivity index is 2.86. The molecule has 0 aliphatic heterocycles. The third kappa shape index (κ3) is 3.53. The van der Waals surface area contributed by atoms with E-state index in [4.69, 9.17) is 10.5 Å². The van der Waals surface area contributed by atoms with Crippen molar-refractivity contribution in [1.82, 2.24) is 0 Å². The molecule has 0 saturated heterocycles. The molecule has 1 aromatic rings. The minimum Gasteiger partial charge on any atom is -0.489 e. The fourth-order valence-electron chi connectivity index (χ4n) is 1.74. The Morgan fingerprint density at radius 2 is 1.62 bits per heavy atom. The van der Waals surface area contributed by atoms with Gasteiger partial charge in [-0.05, 0) is 37.1 Å². The van der Waals surface area contributed by atoms with Crippen molar-refractivity contribution in [3.8, 4) is 5.75 Å². The van der Waals surface area contributed by atoms with Gasteiger partial charge in [0.25, 0.3) is 0 Å². The normalized spacial score (nSPS) is 13.6. The van der Waals surface area contributed by atoms with E-state index in [0.29, 0.717) is 6.54 Å². The summed E-state index contributed by atoms with van der Waals surface area (Å²) in [4.78, 5) is 0. The summed E-state index contributed by atoms with van der Waals surface area (Å²) in [7, 11) is 0. The second kappa shape index (κ2) is 4.88. The number of nitrogens with two attached hydrogens (primary N) is 1. The summed E-state index contributed by atoms with van der Waals surface area (Å²) in [6, 6.07) is 6.25. The standard InChI is InChI=1S/C14H23NO/c1-10-6-11(2)8-12(7-10)16-13(9-15)14(3,4)5/h6-8,13H,9,15H2,1-5H3. The smallest absolute Gasteiger partial charge is 0.120 e. The van der Waals surface area contributed by atoms with Gasteiger partial charge in [0, 0.05) is 12.0 Å². The zero-order chi connectivity index (χ0) is 12.3. The first kappa shape index (κ1) is 13.0. The molecule has 1 unspecified atom stereocenters. The SMILES string of the molecule is Cc1cc(C)cc(OC(CN)C(C)(C)C)c1. The summed E-state index contributed by atoms with van der Waals surface area (Å²) >= 11 is 0. The first-order chi connectivity index (χ1) is 7.32.